The number of fused-ring (bicyclic) bond motifs is 1. The van der Waals surface area contributed by atoms with Crippen LogP contribution in [-0.4, -0.2) is 91.0 Å². The van der Waals surface area contributed by atoms with Crippen LogP contribution >= 0.6 is 0 Å². The summed E-state index contributed by atoms with van der Waals surface area (Å²) in [6.07, 6.45) is 4.69. The van der Waals surface area contributed by atoms with E-state index in [1.54, 1.807) is 4.90 Å². The van der Waals surface area contributed by atoms with E-state index in [-0.39, 0.29) is 36.4 Å². The maximum atomic E-state index is 13.7. The maximum Gasteiger partial charge on any atom is 0.251 e. The third kappa shape index (κ3) is 4.95. The molecule has 1 aromatic carbocycles. The molecule has 8 heteroatoms. The Balaban J connectivity index is 1.25. The summed E-state index contributed by atoms with van der Waals surface area (Å²) < 4.78 is 5.67. The van der Waals surface area contributed by atoms with Crippen LogP contribution in [0.5, 0.6) is 0 Å². The van der Waals surface area contributed by atoms with Crippen molar-refractivity contribution >= 4 is 17.6 Å². The molecular weight excluding hydrogens is 456 g/mol. The summed E-state index contributed by atoms with van der Waals surface area (Å²) in [6.45, 7) is 8.53. The number of rotatable bonds is 6. The molecule has 3 saturated heterocycles. The van der Waals surface area contributed by atoms with Gasteiger partial charge in [0.1, 0.15) is 24.8 Å². The Kier molecular flexibility index (Phi) is 6.96. The topological polar surface area (TPSA) is 91.0 Å². The van der Waals surface area contributed by atoms with Crippen molar-refractivity contribution in [3.63, 3.8) is 0 Å². The van der Waals surface area contributed by atoms with E-state index < -0.39 is 17.5 Å². The molecule has 2 amide bonds. The van der Waals surface area contributed by atoms with Crippen molar-refractivity contribution in [2.24, 2.45) is 5.41 Å². The monoisotopic (exact) mass is 496 g/mol. The van der Waals surface area contributed by atoms with Gasteiger partial charge in [-0.15, -0.1) is 0 Å². The maximum absolute atomic E-state index is 13.7. The lowest BCUT2D eigenvalue weighted by molar-refractivity contribution is -0.140. The van der Waals surface area contributed by atoms with Gasteiger partial charge in [-0.3, -0.25) is 14.4 Å². The van der Waals surface area contributed by atoms with Gasteiger partial charge in [0.15, 0.2) is 5.78 Å². The van der Waals surface area contributed by atoms with Gasteiger partial charge in [-0.25, -0.2) is 0 Å². The molecule has 4 aliphatic rings. The molecule has 0 bridgehead atoms. The number of carbonyl (C=O) groups is 3. The molecule has 3 heterocycles. The number of Topliss-reactive ketones (excluding diaryl/α,β-unsaturated/α-hetero) is 1. The number of amides is 2. The number of benzene rings is 1. The number of ether oxygens (including phenoxy) is 1. The number of carbonyl (C=O) groups excluding carboxylic acids is 3. The number of likely N-dealkylation sites (tertiary alicyclic amines) is 2. The Bertz CT molecular complexity index is 992. The minimum atomic E-state index is -0.763. The highest BCUT2D eigenvalue weighted by Crippen LogP contribution is 2.35. The van der Waals surface area contributed by atoms with Crippen LogP contribution in [0.3, 0.4) is 0 Å². The third-order valence-electron chi connectivity index (χ3n) is 8.46. The second-order valence-electron chi connectivity index (χ2n) is 12.0. The molecule has 0 aromatic heterocycles. The van der Waals surface area contributed by atoms with Crippen molar-refractivity contribution in [1.29, 1.82) is 0 Å². The van der Waals surface area contributed by atoms with Crippen molar-refractivity contribution in [2.75, 3.05) is 33.3 Å². The Morgan fingerprint density at radius 1 is 1.06 bits per heavy atom. The molecule has 1 aromatic rings. The molecule has 3 aliphatic heterocycles. The molecule has 36 heavy (non-hydrogen) atoms. The Morgan fingerprint density at radius 2 is 1.72 bits per heavy atom. The summed E-state index contributed by atoms with van der Waals surface area (Å²) >= 11 is 0. The van der Waals surface area contributed by atoms with Crippen LogP contribution in [0, 0.1) is 5.41 Å². The Morgan fingerprint density at radius 3 is 2.31 bits per heavy atom. The van der Waals surface area contributed by atoms with Gasteiger partial charge in [-0.05, 0) is 74.8 Å². The van der Waals surface area contributed by atoms with E-state index in [0.717, 1.165) is 32.0 Å². The van der Waals surface area contributed by atoms with E-state index in [2.05, 4.69) is 27.7 Å². The van der Waals surface area contributed by atoms with Crippen LogP contribution in [-0.2, 0) is 14.3 Å². The van der Waals surface area contributed by atoms with Crippen LogP contribution in [0.4, 0.5) is 0 Å². The van der Waals surface area contributed by atoms with E-state index in [4.69, 9.17) is 4.74 Å². The molecule has 0 radical (unpaired) electrons. The zero-order valence-corrected chi connectivity index (χ0v) is 22.0. The van der Waals surface area contributed by atoms with Gasteiger partial charge in [0.25, 0.3) is 5.91 Å². The molecule has 4 fully saturated rings. The fraction of sp³-hybridized carbons (Fsp3) is 0.679. The van der Waals surface area contributed by atoms with E-state index in [1.165, 1.54) is 18.4 Å². The van der Waals surface area contributed by atoms with Gasteiger partial charge in [-0.1, -0.05) is 32.9 Å². The van der Waals surface area contributed by atoms with Crippen LogP contribution in [0.2, 0.25) is 0 Å². The van der Waals surface area contributed by atoms with Crippen molar-refractivity contribution in [3.8, 4) is 0 Å². The number of nitrogens with one attached hydrogen (secondary N) is 2. The predicted octanol–water partition coefficient (Wildman–Crippen LogP) is 1.94. The smallest absolute Gasteiger partial charge is 0.251 e. The lowest BCUT2D eigenvalue weighted by Crippen LogP contribution is -2.57. The standard InChI is InChI=1S/C28H40N4O4/c1-28(2,3)25(27(35)32-15-21(29-4)24-23(32)22(33)16-36-24)30-26(34)19-7-5-17(6-8-19)18-11-13-31(14-12-18)20-9-10-20/h5-8,18,20-21,23-25,29H,9-16H2,1-4H3,(H,30,34)/t21-,23+,24+,25+/m0/s1. The van der Waals surface area contributed by atoms with E-state index in [0.29, 0.717) is 18.0 Å². The number of piperidine rings is 1. The van der Waals surface area contributed by atoms with Crippen molar-refractivity contribution in [3.05, 3.63) is 35.4 Å². The molecule has 8 nitrogen and oxygen atoms in total. The van der Waals surface area contributed by atoms with Gasteiger partial charge >= 0.3 is 0 Å². The molecule has 5 rings (SSSR count). The summed E-state index contributed by atoms with van der Waals surface area (Å²) in [4.78, 5) is 43.7. The number of ketones is 1. The van der Waals surface area contributed by atoms with Gasteiger partial charge < -0.3 is 25.2 Å². The summed E-state index contributed by atoms with van der Waals surface area (Å²) in [6, 6.07) is 7.24. The van der Waals surface area contributed by atoms with E-state index in [1.807, 2.05) is 40.0 Å². The Hall–Kier alpha value is -2.29. The number of nitrogens with zero attached hydrogens (tertiary/aromatic N) is 2. The largest absolute Gasteiger partial charge is 0.366 e. The molecule has 196 valence electrons. The average Bonchev–Trinajstić information content (AvgIpc) is 3.55. The first-order valence-electron chi connectivity index (χ1n) is 13.4. The van der Waals surface area contributed by atoms with Crippen molar-refractivity contribution < 1.29 is 19.1 Å². The molecule has 2 N–H and O–H groups in total. The summed E-state index contributed by atoms with van der Waals surface area (Å²) in [5.41, 5.74) is 1.30. The van der Waals surface area contributed by atoms with Gasteiger partial charge in [0.05, 0.1) is 6.04 Å². The lowest BCUT2D eigenvalue weighted by atomic mass is 9.85. The number of likely N-dealkylation sites (N-methyl/N-ethyl adjacent to an activating group) is 1. The molecule has 0 unspecified atom stereocenters. The van der Waals surface area contributed by atoms with Crippen LogP contribution in [0.15, 0.2) is 24.3 Å². The summed E-state index contributed by atoms with van der Waals surface area (Å²) in [7, 11) is 1.81. The zero-order chi connectivity index (χ0) is 25.6. The summed E-state index contributed by atoms with van der Waals surface area (Å²) in [5.74, 6) is -0.0474. The zero-order valence-electron chi connectivity index (χ0n) is 22.0. The molecular formula is C28H40N4O4. The fourth-order valence-electron chi connectivity index (χ4n) is 6.11. The SMILES string of the molecule is CN[C@H]1CN(C(=O)[C@@H](NC(=O)c2ccc(C3CCN(C4CC4)CC3)cc2)C(C)(C)C)[C@@H]2C(=O)CO[C@H]12. The van der Waals surface area contributed by atoms with E-state index >= 15 is 0 Å². The Labute approximate surface area is 214 Å². The minimum Gasteiger partial charge on any atom is -0.366 e. The van der Waals surface area contributed by atoms with Crippen LogP contribution in [0.25, 0.3) is 0 Å². The van der Waals surface area contributed by atoms with E-state index in [9.17, 15) is 14.4 Å². The first-order valence-corrected chi connectivity index (χ1v) is 13.4. The van der Waals surface area contributed by atoms with Crippen molar-refractivity contribution in [1.82, 2.24) is 20.4 Å². The lowest BCUT2D eigenvalue weighted by Gasteiger charge is -2.35. The van der Waals surface area contributed by atoms with Crippen molar-refractivity contribution in [2.45, 2.75) is 82.6 Å². The second kappa shape index (κ2) is 9.88. The van der Waals surface area contributed by atoms with Crippen LogP contribution in [0.1, 0.15) is 68.3 Å². The molecule has 1 saturated carbocycles. The molecule has 4 atom stereocenters. The normalized spacial score (nSPS) is 28.3. The number of hydrogen-bond donors (Lipinski definition) is 2. The summed E-state index contributed by atoms with van der Waals surface area (Å²) in [5, 5.41) is 6.16. The average molecular weight is 497 g/mol. The quantitative estimate of drug-likeness (QED) is 0.626. The van der Waals surface area contributed by atoms with Gasteiger partial charge in [0.2, 0.25) is 5.91 Å². The highest BCUT2D eigenvalue weighted by molar-refractivity contribution is 5.99. The molecule has 1 aliphatic carbocycles. The highest BCUT2D eigenvalue weighted by Gasteiger charge is 2.53. The second-order valence-corrected chi connectivity index (χ2v) is 12.0. The van der Waals surface area contributed by atoms with Gasteiger partial charge in [0, 0.05) is 18.2 Å². The minimum absolute atomic E-state index is 0.0236. The first-order chi connectivity index (χ1) is 17.2. The third-order valence-corrected chi connectivity index (χ3v) is 8.46. The molecule has 0 spiro atoms. The first kappa shape index (κ1) is 25.4. The number of hydrogen-bond acceptors (Lipinski definition) is 6. The fourth-order valence-corrected chi connectivity index (χ4v) is 6.11. The highest BCUT2D eigenvalue weighted by atomic mass is 16.5. The van der Waals surface area contributed by atoms with Crippen LogP contribution < -0.4 is 10.6 Å². The van der Waals surface area contributed by atoms with Gasteiger partial charge in [-0.2, -0.15) is 0 Å². The predicted molar refractivity (Wildman–Crippen MR) is 137 cm³/mol.